The van der Waals surface area contributed by atoms with E-state index in [4.69, 9.17) is 17.0 Å². The molecule has 0 saturated carbocycles. The Kier molecular flexibility index (Phi) is 5.18. The maximum absolute atomic E-state index is 12.5. The largest absolute Gasteiger partial charge is 0.491 e. The fourth-order valence-corrected chi connectivity index (χ4v) is 2.81. The number of fused-ring (bicyclic) bond motifs is 1. The Labute approximate surface area is 155 Å². The fourth-order valence-electron chi connectivity index (χ4n) is 2.61. The number of para-hydroxylation sites is 1. The molecule has 0 atom stereocenters. The van der Waals surface area contributed by atoms with Crippen LogP contribution in [0.3, 0.4) is 0 Å². The smallest absolute Gasteiger partial charge is 0.259 e. The van der Waals surface area contributed by atoms with Crippen LogP contribution in [0.5, 0.6) is 5.75 Å². The third kappa shape index (κ3) is 4.00. The SMILES string of the molecule is CC(C)Oc1ccccc1CNC(=O)c1ccc2c(=O)[nH]c(=S)[nH]c2c1. The summed E-state index contributed by atoms with van der Waals surface area (Å²) in [6.45, 7) is 4.25. The average Bonchev–Trinajstić information content (AvgIpc) is 2.59. The Morgan fingerprint density at radius 1 is 1.19 bits per heavy atom. The van der Waals surface area contributed by atoms with Crippen LogP contribution in [0.15, 0.2) is 47.3 Å². The summed E-state index contributed by atoms with van der Waals surface area (Å²) in [7, 11) is 0. The van der Waals surface area contributed by atoms with Crippen LogP contribution in [-0.4, -0.2) is 22.0 Å². The normalized spacial score (nSPS) is 10.9. The lowest BCUT2D eigenvalue weighted by Gasteiger charge is -2.14. The maximum Gasteiger partial charge on any atom is 0.259 e. The highest BCUT2D eigenvalue weighted by molar-refractivity contribution is 7.71. The molecule has 1 aromatic heterocycles. The topological polar surface area (TPSA) is 87.0 Å². The minimum atomic E-state index is -0.282. The molecule has 0 bridgehead atoms. The Morgan fingerprint density at radius 3 is 2.73 bits per heavy atom. The number of carbonyl (C=O) groups is 1. The lowest BCUT2D eigenvalue weighted by atomic mass is 10.1. The molecule has 134 valence electrons. The Morgan fingerprint density at radius 2 is 1.96 bits per heavy atom. The van der Waals surface area contributed by atoms with E-state index in [2.05, 4.69) is 15.3 Å². The van der Waals surface area contributed by atoms with Gasteiger partial charge in [-0.15, -0.1) is 0 Å². The van der Waals surface area contributed by atoms with E-state index >= 15 is 0 Å². The number of hydrogen-bond acceptors (Lipinski definition) is 4. The van der Waals surface area contributed by atoms with Gasteiger partial charge in [0.25, 0.3) is 11.5 Å². The van der Waals surface area contributed by atoms with Gasteiger partial charge in [-0.05, 0) is 50.3 Å². The molecule has 3 aromatic rings. The van der Waals surface area contributed by atoms with Crippen molar-refractivity contribution >= 4 is 29.0 Å². The highest BCUT2D eigenvalue weighted by Crippen LogP contribution is 2.19. The second-order valence-corrected chi connectivity index (χ2v) is 6.53. The molecule has 0 unspecified atom stereocenters. The number of hydrogen-bond donors (Lipinski definition) is 3. The molecule has 26 heavy (non-hydrogen) atoms. The van der Waals surface area contributed by atoms with E-state index in [9.17, 15) is 9.59 Å². The van der Waals surface area contributed by atoms with Crippen molar-refractivity contribution in [1.82, 2.24) is 15.3 Å². The van der Waals surface area contributed by atoms with Crippen LogP contribution in [0.25, 0.3) is 10.9 Å². The molecule has 2 aromatic carbocycles. The molecule has 0 aliphatic rings. The van der Waals surface area contributed by atoms with E-state index in [1.807, 2.05) is 38.1 Å². The van der Waals surface area contributed by atoms with Crippen LogP contribution < -0.4 is 15.6 Å². The van der Waals surface area contributed by atoms with E-state index in [1.165, 1.54) is 0 Å². The highest BCUT2D eigenvalue weighted by atomic mass is 32.1. The molecule has 7 heteroatoms. The highest BCUT2D eigenvalue weighted by Gasteiger charge is 2.10. The maximum atomic E-state index is 12.5. The first-order chi connectivity index (χ1) is 12.4. The predicted octanol–water partition coefficient (Wildman–Crippen LogP) is 3.30. The molecule has 0 aliphatic carbocycles. The molecule has 0 saturated heterocycles. The van der Waals surface area contributed by atoms with Crippen LogP contribution in [0.2, 0.25) is 0 Å². The number of ether oxygens (including phenoxy) is 1. The van der Waals surface area contributed by atoms with E-state index in [0.717, 1.165) is 11.3 Å². The molecule has 3 rings (SSSR count). The van der Waals surface area contributed by atoms with Crippen LogP contribution in [0.1, 0.15) is 29.8 Å². The summed E-state index contributed by atoms with van der Waals surface area (Å²) in [5.74, 6) is 0.503. The lowest BCUT2D eigenvalue weighted by molar-refractivity contribution is 0.0950. The van der Waals surface area contributed by atoms with Crippen molar-refractivity contribution in [2.45, 2.75) is 26.5 Å². The molecule has 0 radical (unpaired) electrons. The first kappa shape index (κ1) is 17.9. The average molecular weight is 369 g/mol. The second-order valence-electron chi connectivity index (χ2n) is 6.13. The van der Waals surface area contributed by atoms with Gasteiger partial charge in [-0.1, -0.05) is 18.2 Å². The van der Waals surface area contributed by atoms with Gasteiger partial charge in [0.1, 0.15) is 5.75 Å². The van der Waals surface area contributed by atoms with Gasteiger partial charge < -0.3 is 15.0 Å². The van der Waals surface area contributed by atoms with Crippen LogP contribution in [-0.2, 0) is 6.54 Å². The Bertz CT molecular complexity index is 1070. The number of rotatable bonds is 5. The van der Waals surface area contributed by atoms with Crippen LogP contribution in [0.4, 0.5) is 0 Å². The minimum Gasteiger partial charge on any atom is -0.491 e. The van der Waals surface area contributed by atoms with Gasteiger partial charge in [0.05, 0.1) is 17.0 Å². The fraction of sp³-hybridized carbons (Fsp3) is 0.211. The first-order valence-electron chi connectivity index (χ1n) is 8.23. The lowest BCUT2D eigenvalue weighted by Crippen LogP contribution is -2.23. The molecule has 0 fully saturated rings. The van der Waals surface area contributed by atoms with Crippen LogP contribution >= 0.6 is 12.2 Å². The van der Waals surface area contributed by atoms with Crippen LogP contribution in [0, 0.1) is 4.77 Å². The summed E-state index contributed by atoms with van der Waals surface area (Å²) in [4.78, 5) is 29.8. The molecule has 1 heterocycles. The molecule has 1 amide bonds. The predicted molar refractivity (Wildman–Crippen MR) is 103 cm³/mol. The zero-order valence-electron chi connectivity index (χ0n) is 14.5. The van der Waals surface area contributed by atoms with Gasteiger partial charge in [-0.2, -0.15) is 0 Å². The number of carbonyl (C=O) groups excluding carboxylic acids is 1. The van der Waals surface area contributed by atoms with E-state index in [0.29, 0.717) is 23.0 Å². The van der Waals surface area contributed by atoms with Gasteiger partial charge in [-0.25, -0.2) is 0 Å². The molecule has 0 aliphatic heterocycles. The van der Waals surface area contributed by atoms with Gasteiger partial charge >= 0.3 is 0 Å². The van der Waals surface area contributed by atoms with Crippen molar-refractivity contribution in [1.29, 1.82) is 0 Å². The minimum absolute atomic E-state index is 0.0496. The number of aromatic amines is 2. The van der Waals surface area contributed by atoms with Crippen molar-refractivity contribution in [3.8, 4) is 5.75 Å². The summed E-state index contributed by atoms with van der Waals surface area (Å²) in [5.41, 5.74) is 1.58. The summed E-state index contributed by atoms with van der Waals surface area (Å²) < 4.78 is 5.98. The monoisotopic (exact) mass is 369 g/mol. The quantitative estimate of drug-likeness (QED) is 0.602. The zero-order chi connectivity index (χ0) is 18.7. The summed E-state index contributed by atoms with van der Waals surface area (Å²) >= 11 is 4.97. The number of nitrogens with one attached hydrogen (secondary N) is 3. The van der Waals surface area contributed by atoms with Crippen molar-refractivity contribution in [2.75, 3.05) is 0 Å². The second kappa shape index (κ2) is 7.53. The van der Waals surface area contributed by atoms with Crippen molar-refractivity contribution in [2.24, 2.45) is 0 Å². The standard InChI is InChI=1S/C19H19N3O3S/c1-11(2)25-16-6-4-3-5-13(16)10-20-17(23)12-7-8-14-15(9-12)21-19(26)22-18(14)24/h3-9,11H,10H2,1-2H3,(H,20,23)(H2,21,22,24,26). The van der Waals surface area contributed by atoms with Crippen molar-refractivity contribution < 1.29 is 9.53 Å². The number of aromatic nitrogens is 2. The van der Waals surface area contributed by atoms with E-state index in [-0.39, 0.29) is 22.3 Å². The first-order valence-corrected chi connectivity index (χ1v) is 8.64. The molecule has 6 nitrogen and oxygen atoms in total. The summed E-state index contributed by atoms with van der Waals surface area (Å²) in [6.07, 6.45) is 0.0496. The van der Waals surface area contributed by atoms with Gasteiger partial charge in [-0.3, -0.25) is 14.6 Å². The van der Waals surface area contributed by atoms with E-state index in [1.54, 1.807) is 18.2 Å². The number of H-pyrrole nitrogens is 2. The van der Waals surface area contributed by atoms with Gasteiger partial charge in [0, 0.05) is 17.7 Å². The molecule has 0 spiro atoms. The van der Waals surface area contributed by atoms with Gasteiger partial charge in [0.2, 0.25) is 0 Å². The van der Waals surface area contributed by atoms with Crippen molar-refractivity contribution in [3.63, 3.8) is 0 Å². The molecule has 3 N–H and O–H groups in total. The Balaban J connectivity index is 1.80. The zero-order valence-corrected chi connectivity index (χ0v) is 15.3. The number of benzene rings is 2. The number of amides is 1. The van der Waals surface area contributed by atoms with Gasteiger partial charge in [0.15, 0.2) is 4.77 Å². The summed E-state index contributed by atoms with van der Waals surface area (Å²) in [6, 6.07) is 12.4. The van der Waals surface area contributed by atoms with E-state index < -0.39 is 0 Å². The third-order valence-electron chi connectivity index (χ3n) is 3.78. The third-order valence-corrected chi connectivity index (χ3v) is 3.98. The van der Waals surface area contributed by atoms with Crippen molar-refractivity contribution in [3.05, 3.63) is 68.7 Å². The Hall–Kier alpha value is -2.93. The molecular weight excluding hydrogens is 350 g/mol. The molecular formula is C19H19N3O3S. The summed E-state index contributed by atoms with van der Waals surface area (Å²) in [5, 5.41) is 3.33.